The van der Waals surface area contributed by atoms with E-state index < -0.39 is 18.3 Å². The highest BCUT2D eigenvalue weighted by molar-refractivity contribution is 5.75. The maximum atomic E-state index is 11.4. The van der Waals surface area contributed by atoms with E-state index in [-0.39, 0.29) is 24.3 Å². The summed E-state index contributed by atoms with van der Waals surface area (Å²) in [6.07, 6.45) is 12.9. The number of unbranched alkanes of at least 4 members (excludes halogenated alkanes) is 3. The van der Waals surface area contributed by atoms with Gasteiger partial charge in [-0.05, 0) is 31.6 Å². The molecule has 0 spiro atoms. The molecular weight excluding hydrogens is 358 g/mol. The SMILES string of the molecule is CCCCC[C@H](O)C=C[C@@H]1[C@@H](C/C=C/CCCC(=O)NCCO)[C@@H](O)C[C@@H]1O. The van der Waals surface area contributed by atoms with Crippen LogP contribution in [0, 0.1) is 11.8 Å². The summed E-state index contributed by atoms with van der Waals surface area (Å²) in [7, 11) is 0. The smallest absolute Gasteiger partial charge is 0.220 e. The molecule has 1 aliphatic rings. The van der Waals surface area contributed by atoms with Gasteiger partial charge in [0, 0.05) is 25.3 Å². The van der Waals surface area contributed by atoms with Crippen molar-refractivity contribution in [3.63, 3.8) is 0 Å². The van der Waals surface area contributed by atoms with Crippen molar-refractivity contribution in [1.29, 1.82) is 0 Å². The van der Waals surface area contributed by atoms with Crippen molar-refractivity contribution >= 4 is 5.91 Å². The molecule has 1 fully saturated rings. The Hall–Kier alpha value is -1.21. The van der Waals surface area contributed by atoms with E-state index in [9.17, 15) is 20.1 Å². The van der Waals surface area contributed by atoms with Crippen LogP contribution in [0.4, 0.5) is 0 Å². The largest absolute Gasteiger partial charge is 0.395 e. The molecule has 162 valence electrons. The summed E-state index contributed by atoms with van der Waals surface area (Å²) >= 11 is 0. The zero-order chi connectivity index (χ0) is 20.8. The molecule has 1 amide bonds. The van der Waals surface area contributed by atoms with Gasteiger partial charge in [-0.25, -0.2) is 0 Å². The third kappa shape index (κ3) is 9.82. The van der Waals surface area contributed by atoms with Crippen LogP contribution in [0.25, 0.3) is 0 Å². The molecule has 1 rings (SSSR count). The van der Waals surface area contributed by atoms with E-state index in [2.05, 4.69) is 12.2 Å². The first-order valence-corrected chi connectivity index (χ1v) is 10.7. The molecule has 0 radical (unpaired) electrons. The van der Waals surface area contributed by atoms with Gasteiger partial charge in [-0.3, -0.25) is 4.79 Å². The number of aliphatic hydroxyl groups excluding tert-OH is 4. The monoisotopic (exact) mass is 397 g/mol. The molecule has 1 aliphatic carbocycles. The second kappa shape index (κ2) is 14.7. The van der Waals surface area contributed by atoms with Crippen LogP contribution in [0.15, 0.2) is 24.3 Å². The highest BCUT2D eigenvalue weighted by atomic mass is 16.3. The minimum Gasteiger partial charge on any atom is -0.395 e. The third-order valence-electron chi connectivity index (χ3n) is 5.36. The number of hydrogen-bond acceptors (Lipinski definition) is 5. The van der Waals surface area contributed by atoms with Crippen LogP contribution in [0.5, 0.6) is 0 Å². The quantitative estimate of drug-likeness (QED) is 0.228. The van der Waals surface area contributed by atoms with E-state index in [1.165, 1.54) is 0 Å². The highest BCUT2D eigenvalue weighted by Crippen LogP contribution is 2.36. The van der Waals surface area contributed by atoms with Crippen molar-refractivity contribution in [2.45, 2.75) is 83.0 Å². The molecule has 28 heavy (non-hydrogen) atoms. The Morgan fingerprint density at radius 3 is 2.68 bits per heavy atom. The maximum absolute atomic E-state index is 11.4. The van der Waals surface area contributed by atoms with E-state index in [4.69, 9.17) is 5.11 Å². The van der Waals surface area contributed by atoms with Crippen molar-refractivity contribution in [2.75, 3.05) is 13.2 Å². The predicted octanol–water partition coefficient (Wildman–Crippen LogP) is 2.07. The maximum Gasteiger partial charge on any atom is 0.220 e. The lowest BCUT2D eigenvalue weighted by molar-refractivity contribution is -0.121. The Morgan fingerprint density at radius 1 is 1.18 bits per heavy atom. The molecule has 0 bridgehead atoms. The summed E-state index contributed by atoms with van der Waals surface area (Å²) < 4.78 is 0. The highest BCUT2D eigenvalue weighted by Gasteiger charge is 2.39. The summed E-state index contributed by atoms with van der Waals surface area (Å²) in [4.78, 5) is 11.4. The number of aliphatic hydroxyl groups is 4. The zero-order valence-corrected chi connectivity index (χ0v) is 17.2. The van der Waals surface area contributed by atoms with Gasteiger partial charge in [-0.15, -0.1) is 0 Å². The van der Waals surface area contributed by atoms with Crippen LogP contribution in [0.1, 0.15) is 64.7 Å². The molecular formula is C22H39NO5. The molecule has 0 saturated heterocycles. The normalized spacial score (nSPS) is 26.3. The fourth-order valence-electron chi connectivity index (χ4n) is 3.70. The molecule has 0 unspecified atom stereocenters. The van der Waals surface area contributed by atoms with Crippen molar-refractivity contribution in [1.82, 2.24) is 5.32 Å². The number of rotatable bonds is 14. The molecule has 1 saturated carbocycles. The van der Waals surface area contributed by atoms with Gasteiger partial charge >= 0.3 is 0 Å². The second-order valence-electron chi connectivity index (χ2n) is 7.73. The fourth-order valence-corrected chi connectivity index (χ4v) is 3.70. The summed E-state index contributed by atoms with van der Waals surface area (Å²) in [5.41, 5.74) is 0. The van der Waals surface area contributed by atoms with E-state index >= 15 is 0 Å². The summed E-state index contributed by atoms with van der Waals surface area (Å²) in [5, 5.41) is 41.8. The van der Waals surface area contributed by atoms with Gasteiger partial charge in [0.2, 0.25) is 5.91 Å². The average Bonchev–Trinajstić information content (AvgIpc) is 2.94. The molecule has 6 heteroatoms. The molecule has 0 aromatic carbocycles. The van der Waals surface area contributed by atoms with Gasteiger partial charge in [-0.1, -0.05) is 50.5 Å². The van der Waals surface area contributed by atoms with Gasteiger partial charge < -0.3 is 25.7 Å². The lowest BCUT2D eigenvalue weighted by Gasteiger charge is -2.19. The minimum atomic E-state index is -0.581. The standard InChI is InChI=1S/C22H39NO5/c1-2-3-6-9-17(25)12-13-19-18(20(26)16-21(19)27)10-7-4-5-8-11-22(28)23-14-15-24/h4,7,12-13,17-21,24-27H,2-3,5-6,8-11,14-16H2,1H3,(H,23,28)/b7-4+,13-12?/t17-,18+,19+,20-,21-/m0/s1. The van der Waals surface area contributed by atoms with Gasteiger partial charge in [0.05, 0.1) is 24.9 Å². The van der Waals surface area contributed by atoms with Gasteiger partial charge in [0.25, 0.3) is 0 Å². The Bertz CT molecular complexity index is 480. The second-order valence-corrected chi connectivity index (χ2v) is 7.73. The van der Waals surface area contributed by atoms with Crippen LogP contribution in [-0.4, -0.2) is 57.8 Å². The first-order valence-electron chi connectivity index (χ1n) is 10.7. The Kier molecular flexibility index (Phi) is 13.1. The number of hydrogen-bond donors (Lipinski definition) is 5. The molecule has 6 nitrogen and oxygen atoms in total. The number of carbonyl (C=O) groups is 1. The first-order chi connectivity index (χ1) is 13.5. The lowest BCUT2D eigenvalue weighted by atomic mass is 9.89. The van der Waals surface area contributed by atoms with Crippen molar-refractivity contribution in [3.05, 3.63) is 24.3 Å². The molecule has 5 atom stereocenters. The van der Waals surface area contributed by atoms with Crippen LogP contribution >= 0.6 is 0 Å². The van der Waals surface area contributed by atoms with Crippen LogP contribution < -0.4 is 5.32 Å². The third-order valence-corrected chi connectivity index (χ3v) is 5.36. The molecule has 0 aliphatic heterocycles. The van der Waals surface area contributed by atoms with E-state index in [0.29, 0.717) is 25.8 Å². The number of allylic oxidation sites excluding steroid dienone is 2. The van der Waals surface area contributed by atoms with Crippen molar-refractivity contribution in [3.8, 4) is 0 Å². The molecule has 0 aromatic rings. The summed E-state index contributed by atoms with van der Waals surface area (Å²) in [6.45, 7) is 2.37. The van der Waals surface area contributed by atoms with E-state index in [1.807, 2.05) is 18.2 Å². The Morgan fingerprint density at radius 2 is 1.96 bits per heavy atom. The minimum absolute atomic E-state index is 0.0490. The van der Waals surface area contributed by atoms with E-state index in [0.717, 1.165) is 38.5 Å². The Labute approximate surface area is 169 Å². The van der Waals surface area contributed by atoms with Crippen molar-refractivity contribution < 1.29 is 25.2 Å². The topological polar surface area (TPSA) is 110 Å². The predicted molar refractivity (Wildman–Crippen MR) is 111 cm³/mol. The van der Waals surface area contributed by atoms with Gasteiger partial charge in [0.15, 0.2) is 0 Å². The average molecular weight is 398 g/mol. The molecule has 0 heterocycles. The fraction of sp³-hybridized carbons (Fsp3) is 0.773. The first kappa shape index (κ1) is 24.8. The van der Waals surface area contributed by atoms with Gasteiger partial charge in [0.1, 0.15) is 0 Å². The zero-order valence-electron chi connectivity index (χ0n) is 17.2. The molecule has 5 N–H and O–H groups in total. The molecule has 0 aromatic heterocycles. The van der Waals surface area contributed by atoms with Crippen LogP contribution in [0.2, 0.25) is 0 Å². The van der Waals surface area contributed by atoms with Crippen LogP contribution in [-0.2, 0) is 4.79 Å². The van der Waals surface area contributed by atoms with Crippen molar-refractivity contribution in [2.24, 2.45) is 11.8 Å². The van der Waals surface area contributed by atoms with Gasteiger partial charge in [-0.2, -0.15) is 0 Å². The summed E-state index contributed by atoms with van der Waals surface area (Å²) in [6, 6.07) is 0. The summed E-state index contributed by atoms with van der Waals surface area (Å²) in [5.74, 6) is -0.262. The lowest BCUT2D eigenvalue weighted by Crippen LogP contribution is -2.25. The number of carbonyl (C=O) groups excluding carboxylic acids is 1. The number of nitrogens with one attached hydrogen (secondary N) is 1. The van der Waals surface area contributed by atoms with E-state index in [1.54, 1.807) is 6.08 Å². The number of amides is 1. The van der Waals surface area contributed by atoms with Crippen LogP contribution in [0.3, 0.4) is 0 Å². The Balaban J connectivity index is 2.39.